The van der Waals surface area contributed by atoms with Crippen LogP contribution >= 0.6 is 22.7 Å². The van der Waals surface area contributed by atoms with Crippen molar-refractivity contribution in [1.29, 1.82) is 0 Å². The zero-order chi connectivity index (χ0) is 17.8. The summed E-state index contributed by atoms with van der Waals surface area (Å²) in [5, 5.41) is 5.40. The summed E-state index contributed by atoms with van der Waals surface area (Å²) < 4.78 is 5.21. The molecule has 0 unspecified atom stereocenters. The number of anilines is 1. The smallest absolute Gasteiger partial charge is 0.341 e. The molecular weight excluding hydrogens is 356 g/mol. The van der Waals surface area contributed by atoms with Crippen molar-refractivity contribution in [1.82, 2.24) is 4.90 Å². The number of amides is 1. The minimum absolute atomic E-state index is 0.245. The summed E-state index contributed by atoms with van der Waals surface area (Å²) in [4.78, 5) is 29.0. The van der Waals surface area contributed by atoms with E-state index in [0.717, 1.165) is 34.8 Å². The lowest BCUT2D eigenvalue weighted by Gasteiger charge is -2.22. The molecule has 25 heavy (non-hydrogen) atoms. The van der Waals surface area contributed by atoms with E-state index in [4.69, 9.17) is 4.74 Å². The van der Waals surface area contributed by atoms with Crippen molar-refractivity contribution in [2.75, 3.05) is 25.5 Å². The van der Waals surface area contributed by atoms with Gasteiger partial charge in [-0.3, -0.25) is 4.79 Å². The summed E-state index contributed by atoms with van der Waals surface area (Å²) in [5.41, 5.74) is 1.53. The molecule has 3 rings (SSSR count). The lowest BCUT2D eigenvalue weighted by Crippen LogP contribution is -2.26. The van der Waals surface area contributed by atoms with Crippen LogP contribution in [0.4, 0.5) is 5.00 Å². The van der Waals surface area contributed by atoms with Crippen molar-refractivity contribution in [3.05, 3.63) is 44.5 Å². The number of rotatable bonds is 5. The van der Waals surface area contributed by atoms with Crippen LogP contribution in [0.25, 0.3) is 6.08 Å². The third-order valence-electron chi connectivity index (χ3n) is 3.91. The van der Waals surface area contributed by atoms with Gasteiger partial charge in [-0.25, -0.2) is 4.79 Å². The van der Waals surface area contributed by atoms with E-state index in [-0.39, 0.29) is 11.9 Å². The average molecular weight is 377 g/mol. The fourth-order valence-corrected chi connectivity index (χ4v) is 4.67. The Labute approximate surface area is 154 Å². The van der Waals surface area contributed by atoms with Gasteiger partial charge in [0.2, 0.25) is 5.91 Å². The van der Waals surface area contributed by atoms with E-state index in [2.05, 4.69) is 17.3 Å². The zero-order valence-electron chi connectivity index (χ0n) is 14.2. The van der Waals surface area contributed by atoms with Crippen LogP contribution in [-0.4, -0.2) is 37.0 Å². The number of fused-ring (bicyclic) bond motifs is 1. The molecule has 2 aromatic heterocycles. The molecule has 1 aliphatic rings. The van der Waals surface area contributed by atoms with Gasteiger partial charge in [0.05, 0.1) is 12.2 Å². The van der Waals surface area contributed by atoms with E-state index in [0.29, 0.717) is 17.2 Å². The third-order valence-corrected chi connectivity index (χ3v) is 5.88. The van der Waals surface area contributed by atoms with Crippen molar-refractivity contribution in [2.45, 2.75) is 19.9 Å². The predicted molar refractivity (Wildman–Crippen MR) is 102 cm³/mol. The van der Waals surface area contributed by atoms with Gasteiger partial charge in [-0.1, -0.05) is 6.07 Å². The molecule has 3 heterocycles. The van der Waals surface area contributed by atoms with Crippen molar-refractivity contribution in [2.24, 2.45) is 0 Å². The summed E-state index contributed by atoms with van der Waals surface area (Å²) in [6, 6.07) is 3.88. The number of nitrogens with zero attached hydrogens (tertiary/aromatic N) is 1. The molecule has 0 aliphatic carbocycles. The first kappa shape index (κ1) is 17.8. The Kier molecular flexibility index (Phi) is 5.67. The Balaban J connectivity index is 1.84. The SMILES string of the molecule is CCOC(=O)c1c(NC(=O)C=Cc2cccs2)sc2c1CCN(C)C2. The Morgan fingerprint density at radius 1 is 1.44 bits per heavy atom. The summed E-state index contributed by atoms with van der Waals surface area (Å²) in [5.74, 6) is -0.604. The third kappa shape index (κ3) is 4.18. The molecule has 1 aliphatic heterocycles. The normalized spacial score (nSPS) is 14.5. The summed E-state index contributed by atoms with van der Waals surface area (Å²) in [6.07, 6.45) is 4.05. The number of carbonyl (C=O) groups is 2. The van der Waals surface area contributed by atoms with Crippen LogP contribution in [0, 0.1) is 0 Å². The fraction of sp³-hybridized carbons (Fsp3) is 0.333. The maximum absolute atomic E-state index is 12.4. The standard InChI is InChI=1S/C18H20N2O3S2/c1-3-23-18(22)16-13-8-9-20(2)11-14(13)25-17(16)19-15(21)7-6-12-5-4-10-24-12/h4-7,10H,3,8-9,11H2,1-2H3,(H,19,21). The van der Waals surface area contributed by atoms with Gasteiger partial charge < -0.3 is 15.0 Å². The van der Waals surface area contributed by atoms with Gasteiger partial charge in [-0.05, 0) is 43.5 Å². The highest BCUT2D eigenvalue weighted by atomic mass is 32.1. The minimum Gasteiger partial charge on any atom is -0.462 e. The molecule has 1 amide bonds. The van der Waals surface area contributed by atoms with Crippen LogP contribution in [0.15, 0.2) is 23.6 Å². The van der Waals surface area contributed by atoms with E-state index in [1.807, 2.05) is 17.5 Å². The summed E-state index contributed by atoms with van der Waals surface area (Å²) in [7, 11) is 2.05. The summed E-state index contributed by atoms with van der Waals surface area (Å²) in [6.45, 7) is 3.77. The molecule has 0 aromatic carbocycles. The molecule has 0 saturated heterocycles. The number of carbonyl (C=O) groups excluding carboxylic acids is 2. The van der Waals surface area contributed by atoms with Crippen molar-refractivity contribution >= 4 is 45.6 Å². The Hall–Kier alpha value is -1.96. The molecule has 0 bridgehead atoms. The zero-order valence-corrected chi connectivity index (χ0v) is 15.8. The quantitative estimate of drug-likeness (QED) is 0.640. The molecular formula is C18H20N2O3S2. The van der Waals surface area contributed by atoms with E-state index >= 15 is 0 Å². The van der Waals surface area contributed by atoms with Crippen molar-refractivity contribution < 1.29 is 14.3 Å². The number of likely N-dealkylation sites (N-methyl/N-ethyl adjacent to an activating group) is 1. The van der Waals surface area contributed by atoms with Gasteiger partial charge >= 0.3 is 5.97 Å². The Morgan fingerprint density at radius 3 is 3.00 bits per heavy atom. The highest BCUT2D eigenvalue weighted by molar-refractivity contribution is 7.17. The lowest BCUT2D eigenvalue weighted by atomic mass is 10.0. The minimum atomic E-state index is -0.359. The molecule has 5 nitrogen and oxygen atoms in total. The van der Waals surface area contributed by atoms with Crippen LogP contribution in [0.5, 0.6) is 0 Å². The first-order valence-electron chi connectivity index (χ1n) is 8.11. The Morgan fingerprint density at radius 2 is 2.28 bits per heavy atom. The van der Waals surface area contributed by atoms with Gasteiger partial charge in [-0.2, -0.15) is 0 Å². The monoisotopic (exact) mass is 376 g/mol. The highest BCUT2D eigenvalue weighted by Crippen LogP contribution is 2.37. The number of hydrogen-bond acceptors (Lipinski definition) is 6. The fourth-order valence-electron chi connectivity index (χ4n) is 2.74. The van der Waals surface area contributed by atoms with Crippen LogP contribution in [-0.2, 0) is 22.5 Å². The second-order valence-corrected chi connectivity index (χ2v) is 7.84. The summed E-state index contributed by atoms with van der Waals surface area (Å²) >= 11 is 3.03. The van der Waals surface area contributed by atoms with Gasteiger partial charge in [-0.15, -0.1) is 22.7 Å². The largest absolute Gasteiger partial charge is 0.462 e. The highest BCUT2D eigenvalue weighted by Gasteiger charge is 2.28. The van der Waals surface area contributed by atoms with Crippen LogP contribution < -0.4 is 5.32 Å². The Bertz CT molecular complexity index is 794. The van der Waals surface area contributed by atoms with Crippen LogP contribution in [0.3, 0.4) is 0 Å². The van der Waals surface area contributed by atoms with Crippen LogP contribution in [0.1, 0.15) is 32.6 Å². The van der Waals surface area contributed by atoms with Gasteiger partial charge in [0.15, 0.2) is 0 Å². The number of thiophene rings is 2. The van der Waals surface area contributed by atoms with Gasteiger partial charge in [0.1, 0.15) is 5.00 Å². The molecule has 0 saturated carbocycles. The number of nitrogens with one attached hydrogen (secondary N) is 1. The number of esters is 1. The number of ether oxygens (including phenoxy) is 1. The first-order chi connectivity index (χ1) is 12.1. The second kappa shape index (κ2) is 7.95. The molecule has 132 valence electrons. The molecule has 0 atom stereocenters. The van der Waals surface area contributed by atoms with Crippen molar-refractivity contribution in [3.63, 3.8) is 0 Å². The molecule has 7 heteroatoms. The van der Waals surface area contributed by atoms with Crippen molar-refractivity contribution in [3.8, 4) is 0 Å². The number of hydrogen-bond donors (Lipinski definition) is 1. The van der Waals surface area contributed by atoms with Gasteiger partial charge in [0.25, 0.3) is 0 Å². The van der Waals surface area contributed by atoms with E-state index in [1.165, 1.54) is 17.4 Å². The van der Waals surface area contributed by atoms with E-state index in [1.54, 1.807) is 24.3 Å². The second-order valence-electron chi connectivity index (χ2n) is 5.75. The molecule has 0 radical (unpaired) electrons. The van der Waals surface area contributed by atoms with E-state index < -0.39 is 0 Å². The van der Waals surface area contributed by atoms with E-state index in [9.17, 15) is 9.59 Å². The van der Waals surface area contributed by atoms with Gasteiger partial charge in [0, 0.05) is 28.9 Å². The van der Waals surface area contributed by atoms with Crippen LogP contribution in [0.2, 0.25) is 0 Å². The average Bonchev–Trinajstić information content (AvgIpc) is 3.19. The first-order valence-corrected chi connectivity index (χ1v) is 9.81. The lowest BCUT2D eigenvalue weighted by molar-refractivity contribution is -0.111. The molecule has 0 spiro atoms. The molecule has 1 N–H and O–H groups in total. The maximum Gasteiger partial charge on any atom is 0.341 e. The topological polar surface area (TPSA) is 58.6 Å². The molecule has 0 fully saturated rings. The predicted octanol–water partition coefficient (Wildman–Crippen LogP) is 3.63. The molecule has 2 aromatic rings. The maximum atomic E-state index is 12.4.